The van der Waals surface area contributed by atoms with E-state index in [0.29, 0.717) is 34.8 Å². The highest BCUT2D eigenvalue weighted by atomic mass is 32.1. The maximum absolute atomic E-state index is 14.0. The second kappa shape index (κ2) is 20.6. The fraction of sp³-hybridized carbons (Fsp3) is 0.347. The fourth-order valence-corrected chi connectivity index (χ4v) is 8.43. The molecule has 2 fully saturated rings. The summed E-state index contributed by atoms with van der Waals surface area (Å²) in [7, 11) is 0. The molecule has 2 saturated heterocycles. The summed E-state index contributed by atoms with van der Waals surface area (Å²) in [6.45, 7) is 8.52. The Hall–Kier alpha value is -7.57. The van der Waals surface area contributed by atoms with Crippen molar-refractivity contribution in [2.24, 2.45) is 5.41 Å². The zero-order chi connectivity index (χ0) is 50.5. The minimum Gasteiger partial charge on any atom is -0.490 e. The Bertz CT molecular complexity index is 2760. The van der Waals surface area contributed by atoms with E-state index in [2.05, 4.69) is 20.6 Å². The number of likely N-dealkylation sites (tertiary alicyclic amines) is 1. The minimum absolute atomic E-state index is 0.0441. The minimum atomic E-state index is -4.88. The van der Waals surface area contributed by atoms with Gasteiger partial charge in [-0.3, -0.25) is 24.1 Å². The summed E-state index contributed by atoms with van der Waals surface area (Å²) in [5.74, 6) is -0.180. The topological polar surface area (TPSA) is 213 Å². The van der Waals surface area contributed by atoms with Gasteiger partial charge in [0.05, 0.1) is 29.7 Å². The Morgan fingerprint density at radius 3 is 2.13 bits per heavy atom. The number of β-amino-alcohol motifs (C(OH)–C–C–N with tert-alkyl or cyclic N) is 1. The first kappa shape index (κ1) is 50.3. The van der Waals surface area contributed by atoms with Crippen molar-refractivity contribution in [2.75, 3.05) is 36.2 Å². The molecule has 70 heavy (non-hydrogen) atoms. The van der Waals surface area contributed by atoms with Crippen LogP contribution in [0.4, 0.5) is 24.5 Å². The number of aromatic nitrogens is 2. The number of rotatable bonds is 16. The Labute approximate surface area is 406 Å². The van der Waals surface area contributed by atoms with Crippen molar-refractivity contribution in [1.29, 1.82) is 5.26 Å². The summed E-state index contributed by atoms with van der Waals surface area (Å²) in [5.41, 5.74) is -2.26. The Morgan fingerprint density at radius 1 is 0.943 bits per heavy atom. The Morgan fingerprint density at radius 2 is 1.56 bits per heavy atom. The summed E-state index contributed by atoms with van der Waals surface area (Å²) in [6, 6.07) is 20.6. The monoisotopic (exact) mass is 982 g/mol. The number of hydrogen-bond donors (Lipinski definition) is 3. The molecule has 4 amide bonds. The van der Waals surface area contributed by atoms with Crippen LogP contribution in [0.3, 0.4) is 0 Å². The van der Waals surface area contributed by atoms with E-state index in [4.69, 9.17) is 36.1 Å². The highest BCUT2D eigenvalue weighted by Gasteiger charge is 2.51. The second-order valence-electron chi connectivity index (χ2n) is 18.0. The third-order valence-corrected chi connectivity index (χ3v) is 11.9. The maximum atomic E-state index is 14.0. The largest absolute Gasteiger partial charge is 0.490 e. The lowest BCUT2D eigenvalue weighted by Gasteiger charge is -2.35. The van der Waals surface area contributed by atoms with Gasteiger partial charge in [0.1, 0.15) is 54.2 Å². The number of alkyl halides is 3. The van der Waals surface area contributed by atoms with E-state index in [1.807, 2.05) is 24.3 Å². The number of hydrogen-bond acceptors (Lipinski definition) is 13. The normalized spacial score (nSPS) is 17.2. The third kappa shape index (κ3) is 11.3. The zero-order valence-corrected chi connectivity index (χ0v) is 39.5. The van der Waals surface area contributed by atoms with Crippen molar-refractivity contribution < 1.29 is 56.1 Å². The van der Waals surface area contributed by atoms with Crippen molar-refractivity contribution in [3.8, 4) is 34.6 Å². The second-order valence-corrected chi connectivity index (χ2v) is 18.4. The number of halogens is 3. The van der Waals surface area contributed by atoms with Gasteiger partial charge < -0.3 is 44.2 Å². The molecule has 2 aliphatic heterocycles. The molecule has 7 rings (SSSR count). The molecule has 4 heterocycles. The number of pyridine rings is 1. The van der Waals surface area contributed by atoms with Gasteiger partial charge in [0.15, 0.2) is 29.6 Å². The van der Waals surface area contributed by atoms with Crippen LogP contribution >= 0.6 is 12.2 Å². The molecule has 3 aromatic carbocycles. The van der Waals surface area contributed by atoms with Gasteiger partial charge in [-0.15, -0.1) is 0 Å². The van der Waals surface area contributed by atoms with E-state index in [1.165, 1.54) is 22.3 Å². The van der Waals surface area contributed by atoms with Crippen LogP contribution < -0.4 is 34.6 Å². The molecule has 5 aromatic rings. The van der Waals surface area contributed by atoms with Crippen molar-refractivity contribution in [3.63, 3.8) is 0 Å². The van der Waals surface area contributed by atoms with Gasteiger partial charge >= 0.3 is 6.18 Å². The maximum Gasteiger partial charge on any atom is 0.419 e. The molecule has 3 atom stereocenters. The van der Waals surface area contributed by atoms with E-state index in [9.17, 15) is 37.5 Å². The van der Waals surface area contributed by atoms with Crippen molar-refractivity contribution in [1.82, 2.24) is 25.5 Å². The number of anilines is 2. The molecule has 366 valence electrons. The molecule has 0 spiro atoms. The summed E-state index contributed by atoms with van der Waals surface area (Å²) in [6.07, 6.45) is -1.82. The van der Waals surface area contributed by atoms with Gasteiger partial charge in [-0.2, -0.15) is 18.4 Å². The van der Waals surface area contributed by atoms with Gasteiger partial charge in [0.2, 0.25) is 11.8 Å². The third-order valence-electron chi connectivity index (χ3n) is 11.5. The van der Waals surface area contributed by atoms with Crippen LogP contribution in [0.5, 0.6) is 17.2 Å². The summed E-state index contributed by atoms with van der Waals surface area (Å²) < 4.78 is 63.7. The number of aliphatic hydroxyl groups is 1. The first-order chi connectivity index (χ1) is 33.1. The van der Waals surface area contributed by atoms with E-state index in [-0.39, 0.29) is 43.5 Å². The van der Waals surface area contributed by atoms with Gasteiger partial charge in [-0.05, 0) is 91.6 Å². The number of nitriles is 1. The molecule has 0 bridgehead atoms. The number of carbonyl (C=O) groups is 4. The highest BCUT2D eigenvalue weighted by Crippen LogP contribution is 2.39. The van der Waals surface area contributed by atoms with E-state index >= 15 is 0 Å². The highest BCUT2D eigenvalue weighted by molar-refractivity contribution is 7.81. The Balaban J connectivity index is 0.863. The van der Waals surface area contributed by atoms with Crippen LogP contribution in [0.25, 0.3) is 11.3 Å². The molecule has 21 heteroatoms. The molecular weight excluding hydrogens is 934 g/mol. The van der Waals surface area contributed by atoms with Crippen molar-refractivity contribution >= 4 is 52.3 Å². The molecule has 17 nitrogen and oxygen atoms in total. The molecule has 1 unspecified atom stereocenters. The molecule has 2 aliphatic rings. The van der Waals surface area contributed by atoms with Gasteiger partial charge in [-0.25, -0.2) is 9.97 Å². The predicted octanol–water partition coefficient (Wildman–Crippen LogP) is 6.19. The predicted molar refractivity (Wildman–Crippen MR) is 251 cm³/mol. The van der Waals surface area contributed by atoms with Crippen molar-refractivity contribution in [3.05, 3.63) is 114 Å². The van der Waals surface area contributed by atoms with E-state index in [0.717, 1.165) is 22.2 Å². The number of nitrogens with zero attached hydrogens (tertiary/aromatic N) is 6. The van der Waals surface area contributed by atoms with Crippen molar-refractivity contribution in [2.45, 2.75) is 77.5 Å². The summed E-state index contributed by atoms with van der Waals surface area (Å²) in [5, 5.41) is 25.3. The lowest BCUT2D eigenvalue weighted by Crippen LogP contribution is -2.58. The average Bonchev–Trinajstić information content (AvgIpc) is 4.05. The van der Waals surface area contributed by atoms with Gasteiger partial charge in [0, 0.05) is 30.8 Å². The molecular formula is C49H49F3N8O9S. The lowest BCUT2D eigenvalue weighted by atomic mass is 9.85. The molecule has 0 radical (unpaired) electrons. The van der Waals surface area contributed by atoms with Crippen LogP contribution in [0, 0.1) is 16.7 Å². The number of benzene rings is 3. The van der Waals surface area contributed by atoms with Gasteiger partial charge in [-0.1, -0.05) is 45.0 Å². The Kier molecular flexibility index (Phi) is 14.8. The fourth-order valence-electron chi connectivity index (χ4n) is 7.90. The standard InChI is InChI=1S/C49H49F3N8O9S/c1-47(2,3)42(44(64)58-26-33(61)21-39(58)43(63)56-23-29-6-8-30(9-7-29)40-25-54-28-69-40)57-41(62)27-68-36-16-14-35(15-17-36)67-19-18-66-34-12-10-31(11-13-34)60-46(70)59(45(65)48(60,4)5)32-20-37(49(50,51)52)38(22-53)55-24-32/h6-17,20,24-25,28,33,39,42,61H,18-19,21,23,26-27H2,1-5H3,(H,56,63)(H,57,62)/t33-,39+,42?/m1/s1. The molecule has 0 saturated carbocycles. The van der Waals surface area contributed by atoms with Crippen LogP contribution in [0.2, 0.25) is 0 Å². The number of amides is 4. The average molecular weight is 983 g/mol. The van der Waals surface area contributed by atoms with E-state index < -0.39 is 76.8 Å². The number of thiocarbonyl (C=S) groups is 1. The SMILES string of the molecule is CC(C)(C)C(NC(=O)COc1ccc(OCCOc2ccc(N3C(=S)N(c4cnc(C#N)c(C(F)(F)F)c4)C(=O)C3(C)C)cc2)cc1)C(=O)N1C[C@H](O)C[C@H]1C(=O)NCc1ccc(-c2cnco2)cc1. The lowest BCUT2D eigenvalue weighted by molar-refractivity contribution is -0.144. The number of nitrogens with one attached hydrogen (secondary N) is 2. The first-order valence-corrected chi connectivity index (χ1v) is 22.3. The van der Waals surface area contributed by atoms with Crippen LogP contribution in [0.1, 0.15) is 57.9 Å². The first-order valence-electron chi connectivity index (χ1n) is 21.9. The molecule has 2 aromatic heterocycles. The number of carbonyl (C=O) groups excluding carboxylic acids is 4. The number of aliphatic hydroxyl groups excluding tert-OH is 1. The summed E-state index contributed by atoms with van der Waals surface area (Å²) in [4.78, 5) is 65.5. The zero-order valence-electron chi connectivity index (χ0n) is 38.7. The number of oxazole rings is 1. The number of ether oxygens (including phenoxy) is 3. The van der Waals surface area contributed by atoms with Crippen LogP contribution in [-0.4, -0.2) is 98.8 Å². The van der Waals surface area contributed by atoms with Crippen LogP contribution in [0.15, 0.2) is 102 Å². The summed E-state index contributed by atoms with van der Waals surface area (Å²) >= 11 is 5.59. The molecule has 0 aliphatic carbocycles. The smallest absolute Gasteiger partial charge is 0.419 e. The van der Waals surface area contributed by atoms with Gasteiger partial charge in [0.25, 0.3) is 11.8 Å². The quantitative estimate of drug-likeness (QED) is 0.0744. The van der Waals surface area contributed by atoms with E-state index in [1.54, 1.807) is 89.3 Å². The molecule has 3 N–H and O–H groups in total. The van der Waals surface area contributed by atoms with Crippen LogP contribution in [-0.2, 0) is 31.9 Å².